The monoisotopic (exact) mass is 442 g/mol. The van der Waals surface area contributed by atoms with E-state index >= 15 is 0 Å². The van der Waals surface area contributed by atoms with Crippen molar-refractivity contribution in [1.29, 1.82) is 0 Å². The molecule has 1 saturated heterocycles. The summed E-state index contributed by atoms with van der Waals surface area (Å²) in [7, 11) is 0. The minimum atomic E-state index is -0.000806. The lowest BCUT2D eigenvalue weighted by molar-refractivity contribution is 0.0705. The zero-order valence-electron chi connectivity index (χ0n) is 18.3. The first-order chi connectivity index (χ1) is 16.3. The van der Waals surface area contributed by atoms with Crippen LogP contribution in [0.25, 0.3) is 5.65 Å². The van der Waals surface area contributed by atoms with Crippen molar-refractivity contribution in [3.63, 3.8) is 0 Å². The van der Waals surface area contributed by atoms with E-state index in [-0.39, 0.29) is 11.8 Å². The third kappa shape index (κ3) is 4.67. The molecule has 0 radical (unpaired) electrons. The number of amides is 1. The van der Waals surface area contributed by atoms with Crippen LogP contribution in [0, 0.1) is 0 Å². The number of likely N-dealkylation sites (tertiary alicyclic amines) is 1. The Balaban J connectivity index is 1.19. The van der Waals surface area contributed by atoms with Crippen LogP contribution in [0.15, 0.2) is 79.0 Å². The van der Waals surface area contributed by atoms with Gasteiger partial charge < -0.3 is 14.4 Å². The van der Waals surface area contributed by atoms with Gasteiger partial charge in [0.2, 0.25) is 0 Å². The normalized spacial score (nSPS) is 14.4. The molecule has 0 atom stereocenters. The highest BCUT2D eigenvalue weighted by molar-refractivity contribution is 5.97. The van der Waals surface area contributed by atoms with Crippen molar-refractivity contribution in [2.75, 3.05) is 26.3 Å². The van der Waals surface area contributed by atoms with E-state index in [4.69, 9.17) is 9.47 Å². The number of ether oxygens (including phenoxy) is 2. The predicted octanol–water partition coefficient (Wildman–Crippen LogP) is 4.21. The molecule has 0 unspecified atom stereocenters. The molecular formula is C26H26N4O3. The van der Waals surface area contributed by atoms with Crippen molar-refractivity contribution in [3.05, 3.63) is 90.4 Å². The van der Waals surface area contributed by atoms with Gasteiger partial charge in [0.15, 0.2) is 5.65 Å². The summed E-state index contributed by atoms with van der Waals surface area (Å²) in [5, 5.41) is 8.67. The van der Waals surface area contributed by atoms with Crippen LogP contribution in [-0.4, -0.2) is 51.7 Å². The summed E-state index contributed by atoms with van der Waals surface area (Å²) in [4.78, 5) is 15.2. The van der Waals surface area contributed by atoms with Crippen LogP contribution in [0.1, 0.15) is 34.9 Å². The van der Waals surface area contributed by atoms with Gasteiger partial charge in [-0.25, -0.2) is 0 Å². The first-order valence-electron chi connectivity index (χ1n) is 11.3. The number of hydrogen-bond acceptors (Lipinski definition) is 5. The average molecular weight is 443 g/mol. The summed E-state index contributed by atoms with van der Waals surface area (Å²) in [5.41, 5.74) is 1.44. The van der Waals surface area contributed by atoms with Crippen LogP contribution < -0.4 is 9.47 Å². The number of carbonyl (C=O) groups excluding carboxylic acids is 1. The summed E-state index contributed by atoms with van der Waals surface area (Å²) in [6.07, 6.45) is 3.71. The quantitative estimate of drug-likeness (QED) is 0.401. The maximum absolute atomic E-state index is 13.3. The molecule has 168 valence electrons. The SMILES string of the molecule is O=C(c1ccccc1OCCOc1ccccc1)N1CCC(c2nnc3ccccn23)CC1. The van der Waals surface area contributed by atoms with E-state index < -0.39 is 0 Å². The molecule has 0 aliphatic carbocycles. The van der Waals surface area contributed by atoms with Crippen molar-refractivity contribution in [2.24, 2.45) is 0 Å². The van der Waals surface area contributed by atoms with E-state index in [0.29, 0.717) is 37.6 Å². The minimum Gasteiger partial charge on any atom is -0.490 e. The zero-order valence-corrected chi connectivity index (χ0v) is 18.3. The Morgan fingerprint density at radius 3 is 2.42 bits per heavy atom. The van der Waals surface area contributed by atoms with E-state index in [1.807, 2.05) is 88.3 Å². The molecule has 7 nitrogen and oxygen atoms in total. The second kappa shape index (κ2) is 9.73. The standard InChI is InChI=1S/C26H26N4O3/c31-26(22-10-4-5-11-23(22)33-19-18-32-21-8-2-1-3-9-21)29-16-13-20(14-17-29)25-28-27-24-12-6-7-15-30(24)25/h1-12,15,20H,13-14,16-19H2. The largest absolute Gasteiger partial charge is 0.490 e. The molecule has 33 heavy (non-hydrogen) atoms. The molecule has 0 N–H and O–H groups in total. The Hall–Kier alpha value is -3.87. The van der Waals surface area contributed by atoms with Crippen LogP contribution in [-0.2, 0) is 0 Å². The summed E-state index contributed by atoms with van der Waals surface area (Å²) in [6, 6.07) is 22.9. The van der Waals surface area contributed by atoms with Crippen LogP contribution >= 0.6 is 0 Å². The molecule has 2 aromatic heterocycles. The van der Waals surface area contributed by atoms with Gasteiger partial charge in [0.25, 0.3) is 5.91 Å². The number of para-hydroxylation sites is 2. The zero-order chi connectivity index (χ0) is 22.5. The Kier molecular flexibility index (Phi) is 6.19. The van der Waals surface area contributed by atoms with E-state index in [0.717, 1.165) is 30.1 Å². The molecule has 1 aliphatic heterocycles. The number of hydrogen-bond donors (Lipinski definition) is 0. The second-order valence-corrected chi connectivity index (χ2v) is 8.06. The Labute approximate surface area is 192 Å². The van der Waals surface area contributed by atoms with Gasteiger partial charge in [0.05, 0.1) is 5.56 Å². The van der Waals surface area contributed by atoms with Crippen LogP contribution in [0.5, 0.6) is 11.5 Å². The maximum Gasteiger partial charge on any atom is 0.257 e. The molecule has 1 fully saturated rings. The fourth-order valence-electron chi connectivity index (χ4n) is 4.25. The lowest BCUT2D eigenvalue weighted by Gasteiger charge is -2.31. The highest BCUT2D eigenvalue weighted by Crippen LogP contribution is 2.29. The lowest BCUT2D eigenvalue weighted by Crippen LogP contribution is -2.38. The van der Waals surface area contributed by atoms with Crippen molar-refractivity contribution in [2.45, 2.75) is 18.8 Å². The molecule has 7 heteroatoms. The third-order valence-electron chi connectivity index (χ3n) is 5.96. The van der Waals surface area contributed by atoms with Crippen LogP contribution in [0.3, 0.4) is 0 Å². The first kappa shape index (κ1) is 21.0. The molecule has 4 aromatic rings. The van der Waals surface area contributed by atoms with Gasteiger partial charge in [-0.2, -0.15) is 0 Å². The minimum absolute atomic E-state index is 0.000806. The predicted molar refractivity (Wildman–Crippen MR) is 125 cm³/mol. The lowest BCUT2D eigenvalue weighted by atomic mass is 9.95. The number of pyridine rings is 1. The smallest absolute Gasteiger partial charge is 0.257 e. The van der Waals surface area contributed by atoms with E-state index in [9.17, 15) is 4.79 Å². The average Bonchev–Trinajstić information content (AvgIpc) is 3.31. The van der Waals surface area contributed by atoms with Gasteiger partial charge in [-0.3, -0.25) is 9.20 Å². The van der Waals surface area contributed by atoms with E-state index in [1.54, 1.807) is 0 Å². The summed E-state index contributed by atoms with van der Waals surface area (Å²) in [6.45, 7) is 2.12. The van der Waals surface area contributed by atoms with Crippen molar-refractivity contribution in [3.8, 4) is 11.5 Å². The second-order valence-electron chi connectivity index (χ2n) is 8.06. The number of benzene rings is 2. The number of aromatic nitrogens is 3. The number of piperidine rings is 1. The fourth-order valence-corrected chi connectivity index (χ4v) is 4.25. The molecule has 0 saturated carbocycles. The van der Waals surface area contributed by atoms with Gasteiger partial charge in [0.1, 0.15) is 30.5 Å². The number of fused-ring (bicyclic) bond motifs is 1. The molecule has 0 bridgehead atoms. The molecule has 0 spiro atoms. The van der Waals surface area contributed by atoms with Crippen molar-refractivity contribution >= 4 is 11.6 Å². The number of carbonyl (C=O) groups is 1. The molecular weight excluding hydrogens is 416 g/mol. The van der Waals surface area contributed by atoms with E-state index in [1.165, 1.54) is 0 Å². The number of nitrogens with zero attached hydrogens (tertiary/aromatic N) is 4. The van der Waals surface area contributed by atoms with Gasteiger partial charge in [-0.15, -0.1) is 10.2 Å². The van der Waals surface area contributed by atoms with Crippen LogP contribution in [0.2, 0.25) is 0 Å². The fraction of sp³-hybridized carbons (Fsp3) is 0.269. The Bertz CT molecular complexity index is 1220. The molecule has 1 aliphatic rings. The first-order valence-corrected chi connectivity index (χ1v) is 11.3. The molecule has 3 heterocycles. The summed E-state index contributed by atoms with van der Waals surface area (Å²) in [5.74, 6) is 2.64. The molecule has 2 aromatic carbocycles. The van der Waals surface area contributed by atoms with E-state index in [2.05, 4.69) is 10.2 Å². The third-order valence-corrected chi connectivity index (χ3v) is 5.96. The summed E-state index contributed by atoms with van der Waals surface area (Å²) >= 11 is 0. The van der Waals surface area contributed by atoms with Crippen molar-refractivity contribution in [1.82, 2.24) is 19.5 Å². The highest BCUT2D eigenvalue weighted by atomic mass is 16.5. The Morgan fingerprint density at radius 1 is 0.848 bits per heavy atom. The van der Waals surface area contributed by atoms with Gasteiger partial charge in [0, 0.05) is 25.2 Å². The highest BCUT2D eigenvalue weighted by Gasteiger charge is 2.28. The maximum atomic E-state index is 13.3. The molecule has 1 amide bonds. The Morgan fingerprint density at radius 2 is 1.58 bits per heavy atom. The van der Waals surface area contributed by atoms with Crippen molar-refractivity contribution < 1.29 is 14.3 Å². The summed E-state index contributed by atoms with van der Waals surface area (Å²) < 4.78 is 13.6. The topological polar surface area (TPSA) is 69.0 Å². The van der Waals surface area contributed by atoms with Gasteiger partial charge in [-0.1, -0.05) is 36.4 Å². The van der Waals surface area contributed by atoms with Gasteiger partial charge >= 0.3 is 0 Å². The van der Waals surface area contributed by atoms with Crippen LogP contribution in [0.4, 0.5) is 0 Å². The molecule has 5 rings (SSSR count). The van der Waals surface area contributed by atoms with Gasteiger partial charge in [-0.05, 0) is 49.2 Å². The number of rotatable bonds is 7.